The minimum Gasteiger partial charge on any atom is -0.388 e. The standard InChI is InChI=1S/C27H46N4S/c1-6-7-8-9-13-24(3)28-19-17-26-15-16-27(32-26)31(22-25-14-10-18-29-25)21-23(2)12-11-20-30(4)5/h11-12,15-16,25,28-29H,2-3,6-10,13-14,17-22H2,1,4-5H3/b12-11+. The van der Waals surface area contributed by atoms with Gasteiger partial charge in [0.15, 0.2) is 0 Å². The van der Waals surface area contributed by atoms with E-state index < -0.39 is 0 Å². The lowest BCUT2D eigenvalue weighted by atomic mass is 10.1. The maximum atomic E-state index is 4.32. The fourth-order valence-electron chi connectivity index (χ4n) is 4.03. The molecule has 1 fully saturated rings. The van der Waals surface area contributed by atoms with E-state index in [9.17, 15) is 0 Å². The minimum absolute atomic E-state index is 0.580. The number of allylic oxidation sites excluding steroid dienone is 1. The average Bonchev–Trinajstić information content (AvgIpc) is 3.43. The Morgan fingerprint density at radius 3 is 2.81 bits per heavy atom. The number of hydrogen-bond acceptors (Lipinski definition) is 5. The van der Waals surface area contributed by atoms with Crippen LogP contribution < -0.4 is 15.5 Å². The molecule has 1 atom stereocenters. The molecule has 2 heterocycles. The summed E-state index contributed by atoms with van der Waals surface area (Å²) in [4.78, 5) is 6.12. The SMILES string of the molecule is C=C(/C=C/CN(C)C)CN(CC1CCCN1)c1ccc(CCNC(=C)CCCCCC)s1. The van der Waals surface area contributed by atoms with Gasteiger partial charge in [-0.25, -0.2) is 0 Å². The van der Waals surface area contributed by atoms with Gasteiger partial charge in [0, 0.05) is 42.8 Å². The zero-order chi connectivity index (χ0) is 23.2. The molecule has 0 radical (unpaired) electrons. The summed E-state index contributed by atoms with van der Waals surface area (Å²) in [6.45, 7) is 15.8. The second-order valence-electron chi connectivity index (χ2n) is 9.33. The maximum Gasteiger partial charge on any atom is 0.0914 e. The van der Waals surface area contributed by atoms with Crippen molar-refractivity contribution in [2.24, 2.45) is 0 Å². The number of unbranched alkanes of at least 4 members (excludes halogenated alkanes) is 3. The fraction of sp³-hybridized carbons (Fsp3) is 0.630. The molecule has 0 aromatic carbocycles. The summed E-state index contributed by atoms with van der Waals surface area (Å²) in [6.07, 6.45) is 14.3. The van der Waals surface area contributed by atoms with E-state index in [2.05, 4.69) is 78.9 Å². The van der Waals surface area contributed by atoms with Crippen LogP contribution in [0.4, 0.5) is 5.00 Å². The zero-order valence-electron chi connectivity index (χ0n) is 20.8. The molecule has 1 aromatic rings. The molecular formula is C27H46N4S. The first kappa shape index (κ1) is 26.7. The van der Waals surface area contributed by atoms with Crippen LogP contribution in [0.3, 0.4) is 0 Å². The second kappa shape index (κ2) is 15.3. The van der Waals surface area contributed by atoms with Crippen LogP contribution in [0.25, 0.3) is 0 Å². The number of likely N-dealkylation sites (N-methyl/N-ethyl adjacent to an activating group) is 1. The van der Waals surface area contributed by atoms with Gasteiger partial charge in [-0.3, -0.25) is 0 Å². The van der Waals surface area contributed by atoms with Crippen molar-refractivity contribution in [1.82, 2.24) is 15.5 Å². The highest BCUT2D eigenvalue weighted by molar-refractivity contribution is 7.16. The first-order chi connectivity index (χ1) is 15.5. The van der Waals surface area contributed by atoms with Crippen LogP contribution in [0.15, 0.2) is 48.7 Å². The van der Waals surface area contributed by atoms with Gasteiger partial charge in [0.2, 0.25) is 0 Å². The van der Waals surface area contributed by atoms with Crippen LogP contribution in [0, 0.1) is 0 Å². The summed E-state index contributed by atoms with van der Waals surface area (Å²) in [5, 5.41) is 8.54. The molecular weight excluding hydrogens is 412 g/mol. The van der Waals surface area contributed by atoms with Gasteiger partial charge in [0.25, 0.3) is 0 Å². The highest BCUT2D eigenvalue weighted by atomic mass is 32.1. The maximum absolute atomic E-state index is 4.32. The predicted molar refractivity (Wildman–Crippen MR) is 144 cm³/mol. The molecule has 1 aliphatic rings. The first-order valence-corrected chi connectivity index (χ1v) is 13.3. The van der Waals surface area contributed by atoms with Crippen molar-refractivity contribution in [3.8, 4) is 0 Å². The Bertz CT molecular complexity index is 700. The Kier molecular flexibility index (Phi) is 12.8. The molecule has 1 aliphatic heterocycles. The van der Waals surface area contributed by atoms with Crippen molar-refractivity contribution < 1.29 is 0 Å². The summed E-state index contributed by atoms with van der Waals surface area (Å²) < 4.78 is 0. The molecule has 0 spiro atoms. The topological polar surface area (TPSA) is 30.5 Å². The van der Waals surface area contributed by atoms with Gasteiger partial charge in [0.05, 0.1) is 5.00 Å². The van der Waals surface area contributed by atoms with Crippen LogP contribution in [0.5, 0.6) is 0 Å². The Labute approximate surface area is 201 Å². The van der Waals surface area contributed by atoms with E-state index in [4.69, 9.17) is 0 Å². The average molecular weight is 459 g/mol. The predicted octanol–water partition coefficient (Wildman–Crippen LogP) is 5.60. The van der Waals surface area contributed by atoms with Crippen LogP contribution in [-0.4, -0.2) is 57.8 Å². The monoisotopic (exact) mass is 458 g/mol. The van der Waals surface area contributed by atoms with Gasteiger partial charge in [-0.1, -0.05) is 51.5 Å². The quantitative estimate of drug-likeness (QED) is 0.235. The van der Waals surface area contributed by atoms with E-state index in [0.29, 0.717) is 6.04 Å². The lowest BCUT2D eigenvalue weighted by Crippen LogP contribution is -2.38. The number of rotatable bonds is 17. The van der Waals surface area contributed by atoms with Crippen molar-refractivity contribution in [2.45, 2.75) is 64.3 Å². The third kappa shape index (κ3) is 10.8. The highest BCUT2D eigenvalue weighted by Gasteiger charge is 2.19. The molecule has 0 saturated carbocycles. The Morgan fingerprint density at radius 1 is 1.25 bits per heavy atom. The molecule has 0 amide bonds. The zero-order valence-corrected chi connectivity index (χ0v) is 21.6. The molecule has 2 N–H and O–H groups in total. The summed E-state index contributed by atoms with van der Waals surface area (Å²) in [6, 6.07) is 5.17. The highest BCUT2D eigenvalue weighted by Crippen LogP contribution is 2.28. The van der Waals surface area contributed by atoms with E-state index >= 15 is 0 Å². The van der Waals surface area contributed by atoms with Crippen molar-refractivity contribution in [1.29, 1.82) is 0 Å². The van der Waals surface area contributed by atoms with Gasteiger partial charge in [-0.2, -0.15) is 0 Å². The van der Waals surface area contributed by atoms with Crippen LogP contribution in [-0.2, 0) is 6.42 Å². The van der Waals surface area contributed by atoms with Crippen molar-refractivity contribution in [3.63, 3.8) is 0 Å². The van der Waals surface area contributed by atoms with Crippen molar-refractivity contribution in [2.75, 3.05) is 51.7 Å². The largest absolute Gasteiger partial charge is 0.388 e. The summed E-state index contributed by atoms with van der Waals surface area (Å²) >= 11 is 1.93. The molecule has 1 unspecified atom stereocenters. The Morgan fingerprint density at radius 2 is 2.09 bits per heavy atom. The molecule has 0 aliphatic carbocycles. The molecule has 32 heavy (non-hydrogen) atoms. The number of nitrogens with one attached hydrogen (secondary N) is 2. The third-order valence-electron chi connectivity index (χ3n) is 5.86. The molecule has 0 bridgehead atoms. The van der Waals surface area contributed by atoms with Gasteiger partial charge < -0.3 is 20.4 Å². The van der Waals surface area contributed by atoms with Crippen LogP contribution in [0.2, 0.25) is 0 Å². The second-order valence-corrected chi connectivity index (χ2v) is 10.5. The summed E-state index contributed by atoms with van der Waals surface area (Å²) in [7, 11) is 4.18. The smallest absolute Gasteiger partial charge is 0.0914 e. The van der Waals surface area contributed by atoms with Crippen molar-refractivity contribution in [3.05, 3.63) is 53.6 Å². The summed E-state index contributed by atoms with van der Waals surface area (Å²) in [5.41, 5.74) is 2.36. The van der Waals surface area contributed by atoms with Crippen molar-refractivity contribution >= 4 is 16.3 Å². The minimum atomic E-state index is 0.580. The van der Waals surface area contributed by atoms with Gasteiger partial charge in [-0.15, -0.1) is 11.3 Å². The van der Waals surface area contributed by atoms with E-state index in [1.807, 2.05) is 11.3 Å². The van der Waals surface area contributed by atoms with E-state index in [0.717, 1.165) is 45.6 Å². The molecule has 5 heteroatoms. The normalized spacial score (nSPS) is 16.2. The first-order valence-electron chi connectivity index (χ1n) is 12.5. The Hall–Kier alpha value is -1.56. The van der Waals surface area contributed by atoms with E-state index in [-0.39, 0.29) is 0 Å². The van der Waals surface area contributed by atoms with Crippen LogP contribution in [0.1, 0.15) is 56.7 Å². The fourth-order valence-corrected chi connectivity index (χ4v) is 5.04. The van der Waals surface area contributed by atoms with Gasteiger partial charge >= 0.3 is 0 Å². The molecule has 1 aromatic heterocycles. The lowest BCUT2D eigenvalue weighted by molar-refractivity contribution is 0.456. The number of thiophene rings is 1. The summed E-state index contributed by atoms with van der Waals surface area (Å²) in [5.74, 6) is 0. The third-order valence-corrected chi connectivity index (χ3v) is 7.06. The molecule has 2 rings (SSSR count). The van der Waals surface area contributed by atoms with Gasteiger partial charge in [0.1, 0.15) is 0 Å². The Balaban J connectivity index is 1.86. The molecule has 1 saturated heterocycles. The number of anilines is 1. The molecule has 4 nitrogen and oxygen atoms in total. The molecule has 180 valence electrons. The lowest BCUT2D eigenvalue weighted by Gasteiger charge is -2.27. The number of nitrogens with zero attached hydrogens (tertiary/aromatic N) is 2. The van der Waals surface area contributed by atoms with E-state index in [1.54, 1.807) is 0 Å². The van der Waals surface area contributed by atoms with Crippen LogP contribution >= 0.6 is 11.3 Å². The van der Waals surface area contributed by atoms with Gasteiger partial charge in [-0.05, 0) is 70.5 Å². The number of hydrogen-bond donors (Lipinski definition) is 2. The van der Waals surface area contributed by atoms with E-state index in [1.165, 1.54) is 59.7 Å².